The molecule has 4 rings (SSSR count). The quantitative estimate of drug-likeness (QED) is 0.604. The topological polar surface area (TPSA) is 58.6 Å². The maximum atomic E-state index is 5.35. The van der Waals surface area contributed by atoms with E-state index in [1.807, 2.05) is 43.0 Å². The molecule has 1 aromatic carbocycles. The molecule has 0 aliphatic rings. The van der Waals surface area contributed by atoms with Crippen LogP contribution in [0.3, 0.4) is 0 Å². The number of fused-ring (bicyclic) bond motifs is 1. The van der Waals surface area contributed by atoms with Crippen LogP contribution in [0.15, 0.2) is 65.7 Å². The summed E-state index contributed by atoms with van der Waals surface area (Å²) in [5.74, 6) is 1.59. The third kappa shape index (κ3) is 2.94. The van der Waals surface area contributed by atoms with Gasteiger partial charge < -0.3 is 14.6 Å². The molecule has 126 valence electrons. The second-order valence-corrected chi connectivity index (χ2v) is 5.99. The summed E-state index contributed by atoms with van der Waals surface area (Å²) in [5, 5.41) is 3.28. The van der Waals surface area contributed by atoms with Crippen molar-refractivity contribution in [2.45, 2.75) is 6.54 Å². The highest BCUT2D eigenvalue weighted by Gasteiger charge is 2.10. The zero-order valence-corrected chi connectivity index (χ0v) is 14.2. The molecule has 3 aromatic heterocycles. The van der Waals surface area contributed by atoms with Crippen LogP contribution in [-0.4, -0.2) is 28.5 Å². The van der Waals surface area contributed by atoms with E-state index in [2.05, 4.69) is 44.5 Å². The number of benzene rings is 1. The standard InChI is InChI=1S/C19H19N5O/c1-23(2)15-7-5-14(6-8-15)17-13-22-19-18(20-9-10-24(17)19)21-12-16-4-3-11-25-16/h3-11,13H,12H2,1-2H3,(H,20,21). The molecule has 0 unspecified atom stereocenters. The van der Waals surface area contributed by atoms with Crippen LogP contribution in [0.1, 0.15) is 5.76 Å². The van der Waals surface area contributed by atoms with E-state index in [1.165, 1.54) is 5.69 Å². The van der Waals surface area contributed by atoms with Crippen LogP contribution in [0.4, 0.5) is 11.5 Å². The van der Waals surface area contributed by atoms with Crippen molar-refractivity contribution in [3.8, 4) is 11.3 Å². The van der Waals surface area contributed by atoms with Crippen molar-refractivity contribution in [1.29, 1.82) is 0 Å². The van der Waals surface area contributed by atoms with E-state index in [9.17, 15) is 0 Å². The first-order chi connectivity index (χ1) is 12.2. The summed E-state index contributed by atoms with van der Waals surface area (Å²) in [4.78, 5) is 11.0. The van der Waals surface area contributed by atoms with Gasteiger partial charge in [0, 0.05) is 37.7 Å². The number of hydrogen-bond donors (Lipinski definition) is 1. The van der Waals surface area contributed by atoms with E-state index >= 15 is 0 Å². The molecule has 0 saturated heterocycles. The lowest BCUT2D eigenvalue weighted by molar-refractivity contribution is 0.518. The zero-order valence-electron chi connectivity index (χ0n) is 14.2. The molecule has 3 heterocycles. The second-order valence-electron chi connectivity index (χ2n) is 5.99. The summed E-state index contributed by atoms with van der Waals surface area (Å²) in [6.45, 7) is 0.569. The molecule has 1 N–H and O–H groups in total. The van der Waals surface area contributed by atoms with E-state index < -0.39 is 0 Å². The van der Waals surface area contributed by atoms with Gasteiger partial charge in [-0.15, -0.1) is 0 Å². The molecule has 6 heteroatoms. The third-order valence-corrected chi connectivity index (χ3v) is 4.12. The Hall–Kier alpha value is -3.28. The first kappa shape index (κ1) is 15.3. The highest BCUT2D eigenvalue weighted by atomic mass is 16.3. The van der Waals surface area contributed by atoms with E-state index in [4.69, 9.17) is 4.42 Å². The van der Waals surface area contributed by atoms with Gasteiger partial charge in [-0.1, -0.05) is 12.1 Å². The largest absolute Gasteiger partial charge is 0.467 e. The van der Waals surface area contributed by atoms with Gasteiger partial charge in [0.2, 0.25) is 0 Å². The fourth-order valence-electron chi connectivity index (χ4n) is 2.77. The van der Waals surface area contributed by atoms with Crippen LogP contribution >= 0.6 is 0 Å². The van der Waals surface area contributed by atoms with Crippen molar-refractivity contribution in [1.82, 2.24) is 14.4 Å². The minimum absolute atomic E-state index is 0.569. The number of aromatic nitrogens is 3. The molecule has 6 nitrogen and oxygen atoms in total. The minimum atomic E-state index is 0.569. The van der Waals surface area contributed by atoms with Crippen LogP contribution < -0.4 is 10.2 Å². The molecule has 0 aliphatic carbocycles. The van der Waals surface area contributed by atoms with Crippen molar-refractivity contribution in [3.63, 3.8) is 0 Å². The molecule has 4 aromatic rings. The first-order valence-corrected chi connectivity index (χ1v) is 8.08. The number of nitrogens with one attached hydrogen (secondary N) is 1. The van der Waals surface area contributed by atoms with Crippen molar-refractivity contribution >= 4 is 17.2 Å². The van der Waals surface area contributed by atoms with E-state index in [0.29, 0.717) is 6.54 Å². The van der Waals surface area contributed by atoms with Gasteiger partial charge in [-0.3, -0.25) is 4.40 Å². The Kier molecular flexibility index (Phi) is 3.85. The number of furan rings is 1. The maximum absolute atomic E-state index is 5.35. The fourth-order valence-corrected chi connectivity index (χ4v) is 2.77. The monoisotopic (exact) mass is 333 g/mol. The minimum Gasteiger partial charge on any atom is -0.467 e. The second kappa shape index (κ2) is 6.32. The predicted molar refractivity (Wildman–Crippen MR) is 98.8 cm³/mol. The van der Waals surface area contributed by atoms with Crippen LogP contribution in [0.2, 0.25) is 0 Å². The van der Waals surface area contributed by atoms with E-state index in [0.717, 1.165) is 28.5 Å². The number of nitrogens with zero attached hydrogens (tertiary/aromatic N) is 4. The van der Waals surface area contributed by atoms with E-state index in [-0.39, 0.29) is 0 Å². The van der Waals surface area contributed by atoms with Gasteiger partial charge in [-0.25, -0.2) is 9.97 Å². The Labute approximate surface area is 145 Å². The lowest BCUT2D eigenvalue weighted by atomic mass is 10.1. The Morgan fingerprint density at radius 3 is 2.68 bits per heavy atom. The smallest absolute Gasteiger partial charge is 0.180 e. The Bertz CT molecular complexity index is 971. The number of rotatable bonds is 5. The maximum Gasteiger partial charge on any atom is 0.180 e. The van der Waals surface area contributed by atoms with Crippen LogP contribution in [-0.2, 0) is 6.54 Å². The molecular weight excluding hydrogens is 314 g/mol. The molecule has 0 amide bonds. The summed E-state index contributed by atoms with van der Waals surface area (Å²) < 4.78 is 7.39. The molecule has 0 saturated carbocycles. The molecule has 25 heavy (non-hydrogen) atoms. The molecule has 0 bridgehead atoms. The van der Waals surface area contributed by atoms with Crippen molar-refractivity contribution in [2.24, 2.45) is 0 Å². The Balaban J connectivity index is 1.66. The lowest BCUT2D eigenvalue weighted by Crippen LogP contribution is -2.08. The fraction of sp³-hybridized carbons (Fsp3) is 0.158. The number of hydrogen-bond acceptors (Lipinski definition) is 5. The number of anilines is 2. The third-order valence-electron chi connectivity index (χ3n) is 4.12. The van der Waals surface area contributed by atoms with Gasteiger partial charge in [-0.2, -0.15) is 0 Å². The van der Waals surface area contributed by atoms with E-state index in [1.54, 1.807) is 12.5 Å². The predicted octanol–water partition coefficient (Wildman–Crippen LogP) is 3.67. The highest BCUT2D eigenvalue weighted by Crippen LogP contribution is 2.25. The van der Waals surface area contributed by atoms with Gasteiger partial charge in [0.25, 0.3) is 0 Å². The zero-order chi connectivity index (χ0) is 17.2. The lowest BCUT2D eigenvalue weighted by Gasteiger charge is -2.12. The summed E-state index contributed by atoms with van der Waals surface area (Å²) >= 11 is 0. The first-order valence-electron chi connectivity index (χ1n) is 8.08. The van der Waals surface area contributed by atoms with Gasteiger partial charge >= 0.3 is 0 Å². The average molecular weight is 333 g/mol. The van der Waals surface area contributed by atoms with Gasteiger partial charge in [0.05, 0.1) is 24.7 Å². The highest BCUT2D eigenvalue weighted by molar-refractivity contribution is 5.71. The van der Waals surface area contributed by atoms with Gasteiger partial charge in [0.15, 0.2) is 11.5 Å². The van der Waals surface area contributed by atoms with Crippen molar-refractivity contribution in [3.05, 3.63) is 67.0 Å². The normalized spacial score (nSPS) is 11.0. The van der Waals surface area contributed by atoms with Crippen LogP contribution in [0.5, 0.6) is 0 Å². The van der Waals surface area contributed by atoms with Crippen LogP contribution in [0.25, 0.3) is 16.9 Å². The Morgan fingerprint density at radius 2 is 1.96 bits per heavy atom. The molecule has 0 radical (unpaired) electrons. The van der Waals surface area contributed by atoms with Crippen molar-refractivity contribution < 1.29 is 4.42 Å². The molecular formula is C19H19N5O. The Morgan fingerprint density at radius 1 is 1.12 bits per heavy atom. The molecule has 0 atom stereocenters. The molecule has 0 aliphatic heterocycles. The number of imidazole rings is 1. The average Bonchev–Trinajstić information content (AvgIpc) is 3.30. The summed E-state index contributed by atoms with van der Waals surface area (Å²) in [6, 6.07) is 12.2. The van der Waals surface area contributed by atoms with Crippen LogP contribution in [0, 0.1) is 0 Å². The summed E-state index contributed by atoms with van der Waals surface area (Å²) in [7, 11) is 4.07. The molecule has 0 spiro atoms. The summed E-state index contributed by atoms with van der Waals surface area (Å²) in [5.41, 5.74) is 4.10. The van der Waals surface area contributed by atoms with Gasteiger partial charge in [-0.05, 0) is 24.3 Å². The van der Waals surface area contributed by atoms with Crippen molar-refractivity contribution in [2.75, 3.05) is 24.3 Å². The molecule has 0 fully saturated rings. The summed E-state index contributed by atoms with van der Waals surface area (Å²) in [6.07, 6.45) is 7.24. The van der Waals surface area contributed by atoms with Gasteiger partial charge in [0.1, 0.15) is 5.76 Å². The SMILES string of the molecule is CN(C)c1ccc(-c2cnc3c(NCc4ccco4)nccn23)cc1.